The van der Waals surface area contributed by atoms with Crippen molar-refractivity contribution >= 4 is 11.9 Å². The van der Waals surface area contributed by atoms with Crippen molar-refractivity contribution in [1.29, 1.82) is 0 Å². The molecule has 1 aromatic heterocycles. The number of nitrogens with two attached hydrogens (primary N) is 1. The number of fused-ring (bicyclic) bond motifs is 1. The van der Waals surface area contributed by atoms with E-state index >= 15 is 0 Å². The van der Waals surface area contributed by atoms with E-state index in [-0.39, 0.29) is 31.2 Å². The number of hydrogen-bond acceptors (Lipinski definition) is 7. The Kier molecular flexibility index (Phi) is 9.63. The van der Waals surface area contributed by atoms with E-state index in [0.717, 1.165) is 37.1 Å². The predicted molar refractivity (Wildman–Crippen MR) is 143 cm³/mol. The lowest BCUT2D eigenvalue weighted by Gasteiger charge is -2.29. The summed E-state index contributed by atoms with van der Waals surface area (Å²) in [6, 6.07) is 5.36. The number of hydrogen-bond donors (Lipinski definition) is 2. The maximum atomic E-state index is 13.6. The number of amides is 1. The molecule has 38 heavy (non-hydrogen) atoms. The van der Waals surface area contributed by atoms with Crippen LogP contribution in [0.25, 0.3) is 0 Å². The molecule has 4 rings (SSSR count). The van der Waals surface area contributed by atoms with Crippen LogP contribution in [0.5, 0.6) is 11.5 Å². The van der Waals surface area contributed by atoms with Crippen molar-refractivity contribution in [2.45, 2.75) is 57.4 Å². The number of likely N-dealkylation sites (tertiary alicyclic amines) is 1. The van der Waals surface area contributed by atoms with Crippen LogP contribution in [0.4, 0.5) is 0 Å². The number of unbranched alkanes of at least 4 members (excludes halogenated alkanes) is 2. The second-order valence-corrected chi connectivity index (χ2v) is 10.3. The summed E-state index contributed by atoms with van der Waals surface area (Å²) in [6.07, 6.45) is 8.55. The molecule has 0 aliphatic carbocycles. The van der Waals surface area contributed by atoms with Crippen molar-refractivity contribution in [3.8, 4) is 11.5 Å². The minimum absolute atomic E-state index is 0.0490. The van der Waals surface area contributed by atoms with E-state index < -0.39 is 11.9 Å². The molecule has 3 atom stereocenters. The van der Waals surface area contributed by atoms with Gasteiger partial charge >= 0.3 is 5.97 Å². The number of aryl methyl sites for hydroxylation is 2. The van der Waals surface area contributed by atoms with Gasteiger partial charge in [-0.25, -0.2) is 4.98 Å². The zero-order chi connectivity index (χ0) is 27.1. The van der Waals surface area contributed by atoms with Gasteiger partial charge in [-0.3, -0.25) is 14.5 Å². The minimum atomic E-state index is -0.849. The smallest absolute Gasteiger partial charge is 0.308 e. The summed E-state index contributed by atoms with van der Waals surface area (Å²) < 4.78 is 13.0. The number of rotatable bonds is 14. The van der Waals surface area contributed by atoms with Gasteiger partial charge in [-0.05, 0) is 49.9 Å². The first-order chi connectivity index (χ1) is 18.4. The van der Waals surface area contributed by atoms with E-state index in [9.17, 15) is 14.7 Å². The lowest BCUT2D eigenvalue weighted by atomic mass is 9.83. The standard InChI is InChI=1S/C28H41N5O5/c1-3-4-13-32(14-6-5-11-29)26(34)18-33-17-21(20-7-9-23-24(16-20)38-19-37-23)27(28(35)36)22(33)8-10-25-30-12-15-31(25)2/h7,9,12,15-16,21-22,27H,3-6,8,10-11,13-14,17-19,29H2,1-2H3,(H,35,36)/t21-,22+,27?/m1/s1. The number of imidazole rings is 1. The molecule has 208 valence electrons. The Bertz CT molecular complexity index is 1090. The van der Waals surface area contributed by atoms with Gasteiger partial charge in [0.2, 0.25) is 12.7 Å². The highest BCUT2D eigenvalue weighted by Crippen LogP contribution is 2.43. The summed E-state index contributed by atoms with van der Waals surface area (Å²) in [7, 11) is 1.94. The van der Waals surface area contributed by atoms with Gasteiger partial charge in [0.05, 0.1) is 12.5 Å². The highest BCUT2D eigenvalue weighted by atomic mass is 16.7. The summed E-state index contributed by atoms with van der Waals surface area (Å²) in [5, 5.41) is 10.4. The molecule has 10 heteroatoms. The van der Waals surface area contributed by atoms with Gasteiger partial charge in [-0.15, -0.1) is 0 Å². The molecule has 1 saturated heterocycles. The number of aliphatic carboxylic acids is 1. The van der Waals surface area contributed by atoms with Crippen molar-refractivity contribution < 1.29 is 24.2 Å². The monoisotopic (exact) mass is 527 g/mol. The number of carbonyl (C=O) groups excluding carboxylic acids is 1. The number of nitrogens with zero attached hydrogens (tertiary/aromatic N) is 4. The summed E-state index contributed by atoms with van der Waals surface area (Å²) in [4.78, 5) is 34.7. The van der Waals surface area contributed by atoms with Crippen LogP contribution < -0.4 is 15.2 Å². The van der Waals surface area contributed by atoms with Gasteiger partial charge in [0.1, 0.15) is 5.82 Å². The number of benzene rings is 1. The van der Waals surface area contributed by atoms with E-state index in [1.54, 1.807) is 6.20 Å². The molecule has 2 aliphatic rings. The summed E-state index contributed by atoms with van der Waals surface area (Å²) >= 11 is 0. The summed E-state index contributed by atoms with van der Waals surface area (Å²) in [5.74, 6) is 0.467. The fourth-order valence-corrected chi connectivity index (χ4v) is 5.68. The van der Waals surface area contributed by atoms with E-state index in [1.807, 2.05) is 40.9 Å². The fourth-order valence-electron chi connectivity index (χ4n) is 5.68. The topological polar surface area (TPSA) is 123 Å². The quantitative estimate of drug-likeness (QED) is 0.360. The van der Waals surface area contributed by atoms with Gasteiger partial charge in [-0.1, -0.05) is 19.4 Å². The third-order valence-electron chi connectivity index (χ3n) is 7.80. The summed E-state index contributed by atoms with van der Waals surface area (Å²) in [6.45, 7) is 4.95. The Morgan fingerprint density at radius 3 is 2.68 bits per heavy atom. The predicted octanol–water partition coefficient (Wildman–Crippen LogP) is 2.62. The van der Waals surface area contributed by atoms with E-state index in [2.05, 4.69) is 16.8 Å². The normalized spacial score (nSPS) is 20.7. The second kappa shape index (κ2) is 13.1. The zero-order valence-electron chi connectivity index (χ0n) is 22.6. The Morgan fingerprint density at radius 1 is 1.18 bits per heavy atom. The first kappa shape index (κ1) is 27.9. The SMILES string of the molecule is CCCCN(CCCCN)C(=O)CN1C[C@H](c2ccc3c(c2)OCO3)C(C(=O)O)[C@@H]1CCc1nccn1C. The molecule has 0 bridgehead atoms. The molecule has 10 nitrogen and oxygen atoms in total. The van der Waals surface area contributed by atoms with Gasteiger partial charge < -0.3 is 29.8 Å². The van der Waals surface area contributed by atoms with Gasteiger partial charge in [0, 0.05) is 57.5 Å². The van der Waals surface area contributed by atoms with Crippen LogP contribution in [-0.4, -0.2) is 81.9 Å². The Labute approximate surface area is 224 Å². The molecule has 3 N–H and O–H groups in total. The lowest BCUT2D eigenvalue weighted by molar-refractivity contribution is -0.143. The molecule has 1 fully saturated rings. The molecule has 1 amide bonds. The van der Waals surface area contributed by atoms with Crippen LogP contribution in [0.3, 0.4) is 0 Å². The number of ether oxygens (including phenoxy) is 2. The third-order valence-corrected chi connectivity index (χ3v) is 7.80. The van der Waals surface area contributed by atoms with Crippen molar-refractivity contribution in [2.75, 3.05) is 39.5 Å². The fraction of sp³-hybridized carbons (Fsp3) is 0.607. The van der Waals surface area contributed by atoms with Crippen LogP contribution in [-0.2, 0) is 23.1 Å². The molecule has 0 radical (unpaired) electrons. The van der Waals surface area contributed by atoms with Crippen LogP contribution in [0.1, 0.15) is 56.3 Å². The number of carboxylic acid groups (broad SMARTS) is 1. The van der Waals surface area contributed by atoms with Crippen molar-refractivity contribution in [3.63, 3.8) is 0 Å². The molecule has 0 saturated carbocycles. The summed E-state index contributed by atoms with van der Waals surface area (Å²) in [5.41, 5.74) is 6.58. The molecule has 0 spiro atoms. The van der Waals surface area contributed by atoms with Crippen molar-refractivity contribution in [3.05, 3.63) is 42.0 Å². The van der Waals surface area contributed by atoms with Crippen LogP contribution >= 0.6 is 0 Å². The number of carboxylic acids is 1. The van der Waals surface area contributed by atoms with Gasteiger partial charge in [0.15, 0.2) is 11.5 Å². The third kappa shape index (κ3) is 6.47. The number of carbonyl (C=O) groups is 2. The van der Waals surface area contributed by atoms with Crippen LogP contribution in [0.2, 0.25) is 0 Å². The average Bonchev–Trinajstić information content (AvgIpc) is 3.62. The minimum Gasteiger partial charge on any atom is -0.481 e. The molecular formula is C28H41N5O5. The van der Waals surface area contributed by atoms with E-state index in [0.29, 0.717) is 50.5 Å². The average molecular weight is 528 g/mol. The Hall–Kier alpha value is -3.11. The number of aromatic nitrogens is 2. The second-order valence-electron chi connectivity index (χ2n) is 10.3. The zero-order valence-corrected chi connectivity index (χ0v) is 22.6. The van der Waals surface area contributed by atoms with E-state index in [4.69, 9.17) is 15.2 Å². The maximum absolute atomic E-state index is 13.6. The van der Waals surface area contributed by atoms with Crippen molar-refractivity contribution in [2.24, 2.45) is 18.7 Å². The Morgan fingerprint density at radius 2 is 1.97 bits per heavy atom. The largest absolute Gasteiger partial charge is 0.481 e. The molecule has 2 aliphatic heterocycles. The maximum Gasteiger partial charge on any atom is 0.308 e. The molecule has 1 aromatic carbocycles. The Balaban J connectivity index is 1.58. The first-order valence-electron chi connectivity index (χ1n) is 13.7. The highest BCUT2D eigenvalue weighted by molar-refractivity contribution is 5.79. The van der Waals surface area contributed by atoms with Crippen LogP contribution in [0, 0.1) is 5.92 Å². The molecule has 1 unspecified atom stereocenters. The van der Waals surface area contributed by atoms with Crippen LogP contribution in [0.15, 0.2) is 30.6 Å². The van der Waals surface area contributed by atoms with Gasteiger partial charge in [0.25, 0.3) is 0 Å². The molecular weight excluding hydrogens is 486 g/mol. The van der Waals surface area contributed by atoms with E-state index in [1.165, 1.54) is 0 Å². The lowest BCUT2D eigenvalue weighted by Crippen LogP contribution is -2.45. The van der Waals surface area contributed by atoms with Crippen molar-refractivity contribution in [1.82, 2.24) is 19.4 Å². The molecule has 3 heterocycles. The molecule has 2 aromatic rings. The van der Waals surface area contributed by atoms with Gasteiger partial charge in [-0.2, -0.15) is 0 Å². The first-order valence-corrected chi connectivity index (χ1v) is 13.7. The highest BCUT2D eigenvalue weighted by Gasteiger charge is 2.47.